The number of hydrogen-bond donors (Lipinski definition) is 4. The van der Waals surface area contributed by atoms with Gasteiger partial charge >= 0.3 is 0 Å². The summed E-state index contributed by atoms with van der Waals surface area (Å²) in [4.78, 5) is 0. The van der Waals surface area contributed by atoms with Gasteiger partial charge in [0.05, 0.1) is 6.61 Å². The normalized spacial score (nSPS) is 13.2. The third-order valence-electron chi connectivity index (χ3n) is 3.73. The van der Waals surface area contributed by atoms with Gasteiger partial charge in [0.25, 0.3) is 0 Å². The average Bonchev–Trinajstić information content (AvgIpc) is 2.62. The van der Waals surface area contributed by atoms with Gasteiger partial charge in [0.15, 0.2) is 17.7 Å². The molecule has 0 heterocycles. The van der Waals surface area contributed by atoms with E-state index in [0.717, 1.165) is 16.8 Å². The molecule has 0 radical (unpaired) electrons. The predicted molar refractivity (Wildman–Crippen MR) is 99.9 cm³/mol. The standard InChI is InChI=1S/C19H27N3O3/c1-3-24-18-10-14(16(21)11-20)6-9-17(18)25-12-19(23)22-15-7-4-13(2)5-8-15/h4-10,16,19,22-23H,3,11-12,20-21H2,1-2H3. The van der Waals surface area contributed by atoms with E-state index in [9.17, 15) is 5.11 Å². The van der Waals surface area contributed by atoms with E-state index in [-0.39, 0.29) is 12.6 Å². The Bertz CT molecular complexity index is 661. The van der Waals surface area contributed by atoms with Gasteiger partial charge in [-0.3, -0.25) is 0 Å². The van der Waals surface area contributed by atoms with E-state index in [4.69, 9.17) is 20.9 Å². The zero-order valence-electron chi connectivity index (χ0n) is 14.7. The summed E-state index contributed by atoms with van der Waals surface area (Å²) in [6, 6.07) is 13.0. The fourth-order valence-corrected chi connectivity index (χ4v) is 2.33. The molecule has 6 heteroatoms. The van der Waals surface area contributed by atoms with Crippen LogP contribution in [0, 0.1) is 6.92 Å². The Morgan fingerprint density at radius 3 is 2.44 bits per heavy atom. The second kappa shape index (κ2) is 9.27. The first-order valence-corrected chi connectivity index (χ1v) is 8.40. The number of aliphatic hydroxyl groups excluding tert-OH is 1. The molecule has 0 saturated heterocycles. The second-order valence-electron chi connectivity index (χ2n) is 5.82. The van der Waals surface area contributed by atoms with Crippen molar-refractivity contribution in [3.8, 4) is 11.5 Å². The molecule has 0 saturated carbocycles. The Morgan fingerprint density at radius 2 is 1.80 bits per heavy atom. The number of nitrogens with one attached hydrogen (secondary N) is 1. The summed E-state index contributed by atoms with van der Waals surface area (Å²) in [5.74, 6) is 1.14. The molecule has 6 nitrogen and oxygen atoms in total. The van der Waals surface area contributed by atoms with Crippen LogP contribution in [0.15, 0.2) is 42.5 Å². The molecule has 0 bridgehead atoms. The van der Waals surface area contributed by atoms with Gasteiger partial charge in [-0.1, -0.05) is 23.8 Å². The Hall–Kier alpha value is -2.28. The maximum absolute atomic E-state index is 10.1. The van der Waals surface area contributed by atoms with E-state index >= 15 is 0 Å². The lowest BCUT2D eigenvalue weighted by Gasteiger charge is -2.18. The van der Waals surface area contributed by atoms with Crippen LogP contribution in [0.4, 0.5) is 5.69 Å². The highest BCUT2D eigenvalue weighted by atomic mass is 16.5. The maximum atomic E-state index is 10.1. The summed E-state index contributed by atoms with van der Waals surface area (Å²) < 4.78 is 11.3. The first kappa shape index (κ1) is 19.1. The molecular formula is C19H27N3O3. The summed E-state index contributed by atoms with van der Waals surface area (Å²) in [5.41, 5.74) is 14.4. The molecule has 0 aliphatic rings. The molecule has 0 spiro atoms. The molecule has 2 aromatic rings. The first-order valence-electron chi connectivity index (χ1n) is 8.40. The molecule has 0 amide bonds. The Labute approximate surface area is 148 Å². The number of nitrogens with two attached hydrogens (primary N) is 2. The number of anilines is 1. The third-order valence-corrected chi connectivity index (χ3v) is 3.73. The highest BCUT2D eigenvalue weighted by Crippen LogP contribution is 2.30. The van der Waals surface area contributed by atoms with Crippen LogP contribution in [0.3, 0.4) is 0 Å². The van der Waals surface area contributed by atoms with Gasteiger partial charge in [0.1, 0.15) is 6.61 Å². The summed E-state index contributed by atoms with van der Waals surface area (Å²) in [5, 5.41) is 13.1. The van der Waals surface area contributed by atoms with Gasteiger partial charge in [0.2, 0.25) is 0 Å². The average molecular weight is 345 g/mol. The van der Waals surface area contributed by atoms with Crippen molar-refractivity contribution in [2.45, 2.75) is 26.1 Å². The van der Waals surface area contributed by atoms with E-state index in [2.05, 4.69) is 5.32 Å². The lowest BCUT2D eigenvalue weighted by atomic mass is 10.1. The van der Waals surface area contributed by atoms with Gasteiger partial charge < -0.3 is 31.4 Å². The molecule has 0 aliphatic carbocycles. The molecule has 6 N–H and O–H groups in total. The zero-order valence-corrected chi connectivity index (χ0v) is 14.7. The number of aryl methyl sites for hydroxylation is 1. The molecule has 2 atom stereocenters. The summed E-state index contributed by atoms with van der Waals surface area (Å²) in [6.45, 7) is 4.84. The number of hydrogen-bond acceptors (Lipinski definition) is 6. The van der Waals surface area contributed by atoms with Crippen LogP contribution in [0.5, 0.6) is 11.5 Å². The van der Waals surface area contributed by atoms with Crippen molar-refractivity contribution < 1.29 is 14.6 Å². The van der Waals surface area contributed by atoms with Crippen LogP contribution in [0.1, 0.15) is 24.1 Å². The molecule has 0 aromatic heterocycles. The summed E-state index contributed by atoms with van der Waals surface area (Å²) >= 11 is 0. The predicted octanol–water partition coefficient (Wildman–Crippen LogP) is 2.16. The minimum absolute atomic E-state index is 0.0796. The maximum Gasteiger partial charge on any atom is 0.161 e. The van der Waals surface area contributed by atoms with Crippen molar-refractivity contribution in [2.24, 2.45) is 11.5 Å². The number of ether oxygens (including phenoxy) is 2. The molecule has 2 aromatic carbocycles. The largest absolute Gasteiger partial charge is 0.490 e. The molecule has 0 aliphatic heterocycles. The fraction of sp³-hybridized carbons (Fsp3) is 0.368. The fourth-order valence-electron chi connectivity index (χ4n) is 2.33. The van der Waals surface area contributed by atoms with Crippen molar-refractivity contribution in [2.75, 3.05) is 25.1 Å². The van der Waals surface area contributed by atoms with E-state index in [0.29, 0.717) is 24.7 Å². The van der Waals surface area contributed by atoms with Crippen LogP contribution in [0.2, 0.25) is 0 Å². The first-order chi connectivity index (χ1) is 12.0. The van der Waals surface area contributed by atoms with E-state index in [1.807, 2.05) is 50.2 Å². The lowest BCUT2D eigenvalue weighted by Crippen LogP contribution is -2.26. The van der Waals surface area contributed by atoms with Crippen LogP contribution in [-0.2, 0) is 0 Å². The molecule has 0 fully saturated rings. The Balaban J connectivity index is 1.99. The van der Waals surface area contributed by atoms with Crippen molar-refractivity contribution in [1.29, 1.82) is 0 Å². The van der Waals surface area contributed by atoms with Crippen molar-refractivity contribution in [1.82, 2.24) is 0 Å². The zero-order chi connectivity index (χ0) is 18.2. The van der Waals surface area contributed by atoms with Gasteiger partial charge in [-0.2, -0.15) is 0 Å². The van der Waals surface area contributed by atoms with Crippen molar-refractivity contribution in [3.63, 3.8) is 0 Å². The molecule has 2 rings (SSSR count). The minimum atomic E-state index is -0.844. The lowest BCUT2D eigenvalue weighted by molar-refractivity contribution is 0.126. The quantitative estimate of drug-likeness (QED) is 0.519. The number of benzene rings is 2. The van der Waals surface area contributed by atoms with E-state index in [1.165, 1.54) is 0 Å². The summed E-state index contributed by atoms with van der Waals surface area (Å²) in [6.07, 6.45) is -0.844. The third kappa shape index (κ3) is 5.63. The monoisotopic (exact) mass is 345 g/mol. The highest BCUT2D eigenvalue weighted by molar-refractivity contribution is 5.45. The number of aliphatic hydroxyl groups is 1. The SMILES string of the molecule is CCOc1cc(C(N)CN)ccc1OCC(O)Nc1ccc(C)cc1. The molecule has 2 unspecified atom stereocenters. The van der Waals surface area contributed by atoms with Gasteiger partial charge in [0, 0.05) is 18.3 Å². The number of rotatable bonds is 9. The Kier molecular flexibility index (Phi) is 7.06. The molecule has 136 valence electrons. The van der Waals surface area contributed by atoms with E-state index < -0.39 is 6.23 Å². The van der Waals surface area contributed by atoms with Crippen molar-refractivity contribution in [3.05, 3.63) is 53.6 Å². The van der Waals surface area contributed by atoms with Gasteiger partial charge in [-0.05, 0) is 43.7 Å². The highest BCUT2D eigenvalue weighted by Gasteiger charge is 2.12. The molecular weight excluding hydrogens is 318 g/mol. The second-order valence-corrected chi connectivity index (χ2v) is 5.82. The van der Waals surface area contributed by atoms with E-state index in [1.54, 1.807) is 6.07 Å². The van der Waals surface area contributed by atoms with Crippen LogP contribution >= 0.6 is 0 Å². The summed E-state index contributed by atoms with van der Waals surface area (Å²) in [7, 11) is 0. The van der Waals surface area contributed by atoms with Crippen molar-refractivity contribution >= 4 is 5.69 Å². The van der Waals surface area contributed by atoms with Crippen LogP contribution < -0.4 is 26.3 Å². The topological polar surface area (TPSA) is 103 Å². The van der Waals surface area contributed by atoms with Crippen LogP contribution in [0.25, 0.3) is 0 Å². The Morgan fingerprint density at radius 1 is 1.08 bits per heavy atom. The minimum Gasteiger partial charge on any atom is -0.490 e. The van der Waals surface area contributed by atoms with Gasteiger partial charge in [-0.25, -0.2) is 0 Å². The molecule has 25 heavy (non-hydrogen) atoms. The van der Waals surface area contributed by atoms with Crippen LogP contribution in [-0.4, -0.2) is 31.1 Å². The smallest absolute Gasteiger partial charge is 0.161 e. The van der Waals surface area contributed by atoms with Gasteiger partial charge in [-0.15, -0.1) is 0 Å².